The first kappa shape index (κ1) is 13.8. The lowest BCUT2D eigenvalue weighted by Gasteiger charge is -2.02. The molecule has 0 atom stereocenters. The van der Waals surface area contributed by atoms with E-state index in [9.17, 15) is 4.79 Å². The molecule has 1 amide bonds. The Morgan fingerprint density at radius 3 is 2.60 bits per heavy atom. The summed E-state index contributed by atoms with van der Waals surface area (Å²) >= 11 is 13.0. The Morgan fingerprint density at radius 2 is 1.90 bits per heavy atom. The Morgan fingerprint density at radius 1 is 1.20 bits per heavy atom. The molecule has 3 rings (SSSR count). The Kier molecular flexibility index (Phi) is 3.67. The number of nitrogens with zero attached hydrogens (tertiary/aromatic N) is 1. The number of benzene rings is 1. The minimum Gasteiger partial charge on any atom is -0.306 e. The maximum atomic E-state index is 12.1. The number of halogens is 3. The SMILES string of the molecule is O=C1Nc2nccc(Cl)c2C1=Cc1cc(Br)cc(Br)c1. The highest BCUT2D eigenvalue weighted by Gasteiger charge is 2.27. The molecule has 6 heteroatoms. The van der Waals surface area contributed by atoms with Gasteiger partial charge in [0.2, 0.25) is 0 Å². The summed E-state index contributed by atoms with van der Waals surface area (Å²) in [7, 11) is 0. The van der Waals surface area contributed by atoms with Crippen molar-refractivity contribution in [1.82, 2.24) is 4.98 Å². The van der Waals surface area contributed by atoms with Crippen molar-refractivity contribution in [3.63, 3.8) is 0 Å². The molecule has 0 saturated heterocycles. The van der Waals surface area contributed by atoms with E-state index in [1.54, 1.807) is 18.3 Å². The molecule has 0 spiro atoms. The van der Waals surface area contributed by atoms with Crippen molar-refractivity contribution in [2.24, 2.45) is 0 Å². The quantitative estimate of drug-likeness (QED) is 0.684. The van der Waals surface area contributed by atoms with Gasteiger partial charge in [0.1, 0.15) is 5.82 Å². The fraction of sp³-hybridized carbons (Fsp3) is 0. The van der Waals surface area contributed by atoms with Gasteiger partial charge in [-0.3, -0.25) is 4.79 Å². The summed E-state index contributed by atoms with van der Waals surface area (Å²) in [4.78, 5) is 16.2. The standard InChI is InChI=1S/C14H7Br2ClN2O/c15-8-3-7(4-9(16)6-8)5-10-12-11(17)1-2-18-13(12)19-14(10)20/h1-6H,(H,18,19,20). The van der Waals surface area contributed by atoms with Crippen LogP contribution in [0.15, 0.2) is 39.4 Å². The number of carbonyl (C=O) groups is 1. The number of rotatable bonds is 1. The largest absolute Gasteiger partial charge is 0.306 e. The predicted molar refractivity (Wildman–Crippen MR) is 87.6 cm³/mol. The van der Waals surface area contributed by atoms with Crippen LogP contribution in [0.5, 0.6) is 0 Å². The van der Waals surface area contributed by atoms with Gasteiger partial charge in [0.25, 0.3) is 5.91 Å². The molecule has 0 bridgehead atoms. The molecule has 100 valence electrons. The number of carbonyl (C=O) groups excluding carboxylic acids is 1. The second kappa shape index (κ2) is 5.31. The molecule has 3 nitrogen and oxygen atoms in total. The first-order chi connectivity index (χ1) is 9.54. The van der Waals surface area contributed by atoms with E-state index in [1.165, 1.54) is 0 Å². The molecule has 20 heavy (non-hydrogen) atoms. The van der Waals surface area contributed by atoms with Crippen LogP contribution >= 0.6 is 43.5 Å². The lowest BCUT2D eigenvalue weighted by Crippen LogP contribution is -2.04. The third-order valence-corrected chi connectivity index (χ3v) is 4.07. The first-order valence-corrected chi connectivity index (χ1v) is 7.65. The van der Waals surface area contributed by atoms with Crippen molar-refractivity contribution < 1.29 is 4.79 Å². The van der Waals surface area contributed by atoms with Gasteiger partial charge in [-0.25, -0.2) is 4.98 Å². The van der Waals surface area contributed by atoms with Crippen molar-refractivity contribution in [3.8, 4) is 0 Å². The molecule has 1 aromatic heterocycles. The zero-order valence-electron chi connectivity index (χ0n) is 9.95. The number of fused-ring (bicyclic) bond motifs is 1. The molecule has 2 aromatic rings. The van der Waals surface area contributed by atoms with Crippen LogP contribution in [0.3, 0.4) is 0 Å². The lowest BCUT2D eigenvalue weighted by molar-refractivity contribution is -0.110. The maximum absolute atomic E-state index is 12.1. The van der Waals surface area contributed by atoms with Crippen LogP contribution < -0.4 is 5.32 Å². The number of anilines is 1. The van der Waals surface area contributed by atoms with Gasteiger partial charge in [-0.2, -0.15) is 0 Å². The minimum atomic E-state index is -0.198. The third kappa shape index (κ3) is 2.53. The molecule has 0 saturated carbocycles. The molecule has 0 radical (unpaired) electrons. The molecule has 1 aliphatic heterocycles. The summed E-state index contributed by atoms with van der Waals surface area (Å²) in [5, 5.41) is 3.22. The van der Waals surface area contributed by atoms with Gasteiger partial charge >= 0.3 is 0 Å². The molecule has 1 aliphatic rings. The van der Waals surface area contributed by atoms with Gasteiger partial charge in [-0.05, 0) is 35.9 Å². The number of nitrogens with one attached hydrogen (secondary N) is 1. The molecule has 0 aliphatic carbocycles. The average Bonchev–Trinajstić information content (AvgIpc) is 2.66. The van der Waals surface area contributed by atoms with Crippen molar-refractivity contribution in [3.05, 3.63) is 55.6 Å². The van der Waals surface area contributed by atoms with E-state index in [4.69, 9.17) is 11.6 Å². The second-order valence-corrected chi connectivity index (χ2v) is 6.47. The fourth-order valence-electron chi connectivity index (χ4n) is 2.04. The van der Waals surface area contributed by atoms with E-state index in [1.807, 2.05) is 18.2 Å². The normalized spacial score (nSPS) is 15.3. The Bertz CT molecular complexity index is 739. The highest BCUT2D eigenvalue weighted by molar-refractivity contribution is 9.11. The molecular formula is C14H7Br2ClN2O. The zero-order valence-corrected chi connectivity index (χ0v) is 13.9. The van der Waals surface area contributed by atoms with Gasteiger partial charge in [0.15, 0.2) is 0 Å². The Hall–Kier alpha value is -1.17. The Labute approximate surface area is 137 Å². The smallest absolute Gasteiger partial charge is 0.257 e. The van der Waals surface area contributed by atoms with Crippen molar-refractivity contribution >= 4 is 66.8 Å². The number of amides is 1. The van der Waals surface area contributed by atoms with Crippen LogP contribution in [0.2, 0.25) is 5.02 Å². The summed E-state index contributed by atoms with van der Waals surface area (Å²) in [6, 6.07) is 7.45. The molecule has 1 aromatic carbocycles. The molecule has 0 fully saturated rings. The lowest BCUT2D eigenvalue weighted by atomic mass is 10.1. The maximum Gasteiger partial charge on any atom is 0.257 e. The van der Waals surface area contributed by atoms with E-state index in [-0.39, 0.29) is 5.91 Å². The molecular weight excluding hydrogens is 407 g/mol. The number of pyridine rings is 1. The fourth-order valence-corrected chi connectivity index (χ4v) is 3.62. The molecule has 2 heterocycles. The highest BCUT2D eigenvalue weighted by atomic mass is 79.9. The monoisotopic (exact) mass is 412 g/mol. The van der Waals surface area contributed by atoms with E-state index in [0.717, 1.165) is 14.5 Å². The zero-order chi connectivity index (χ0) is 14.3. The topological polar surface area (TPSA) is 42.0 Å². The van der Waals surface area contributed by atoms with Crippen molar-refractivity contribution in [1.29, 1.82) is 0 Å². The van der Waals surface area contributed by atoms with Gasteiger partial charge in [-0.15, -0.1) is 0 Å². The minimum absolute atomic E-state index is 0.198. The second-order valence-electron chi connectivity index (χ2n) is 4.23. The highest BCUT2D eigenvalue weighted by Crippen LogP contribution is 2.37. The number of aromatic nitrogens is 1. The van der Waals surface area contributed by atoms with E-state index in [2.05, 4.69) is 42.2 Å². The predicted octanol–water partition coefficient (Wildman–Crippen LogP) is 4.75. The van der Waals surface area contributed by atoms with Crippen LogP contribution in [-0.2, 0) is 4.79 Å². The van der Waals surface area contributed by atoms with Crippen LogP contribution in [0, 0.1) is 0 Å². The summed E-state index contributed by atoms with van der Waals surface area (Å²) in [6.07, 6.45) is 3.37. The van der Waals surface area contributed by atoms with E-state index < -0.39 is 0 Å². The van der Waals surface area contributed by atoms with Gasteiger partial charge in [-0.1, -0.05) is 43.5 Å². The average molecular weight is 414 g/mol. The van der Waals surface area contributed by atoms with Crippen LogP contribution in [0.25, 0.3) is 11.6 Å². The van der Waals surface area contributed by atoms with E-state index in [0.29, 0.717) is 22.0 Å². The molecule has 1 N–H and O–H groups in total. The van der Waals surface area contributed by atoms with Crippen LogP contribution in [0.1, 0.15) is 11.1 Å². The van der Waals surface area contributed by atoms with Crippen molar-refractivity contribution in [2.45, 2.75) is 0 Å². The summed E-state index contributed by atoms with van der Waals surface area (Å²) < 4.78 is 1.85. The van der Waals surface area contributed by atoms with Gasteiger partial charge < -0.3 is 5.32 Å². The third-order valence-electron chi connectivity index (χ3n) is 2.84. The van der Waals surface area contributed by atoms with E-state index >= 15 is 0 Å². The summed E-state index contributed by atoms with van der Waals surface area (Å²) in [6.45, 7) is 0. The first-order valence-electron chi connectivity index (χ1n) is 5.68. The van der Waals surface area contributed by atoms with Gasteiger partial charge in [0, 0.05) is 20.7 Å². The number of hydrogen-bond donors (Lipinski definition) is 1. The van der Waals surface area contributed by atoms with Crippen LogP contribution in [0.4, 0.5) is 5.82 Å². The van der Waals surface area contributed by atoms with Gasteiger partial charge in [0.05, 0.1) is 10.6 Å². The summed E-state index contributed by atoms with van der Waals surface area (Å²) in [5.74, 6) is 0.305. The van der Waals surface area contributed by atoms with Crippen LogP contribution in [-0.4, -0.2) is 10.9 Å². The number of hydrogen-bond acceptors (Lipinski definition) is 2. The summed E-state index contributed by atoms with van der Waals surface area (Å²) in [5.41, 5.74) is 2.06. The van der Waals surface area contributed by atoms with Crippen molar-refractivity contribution in [2.75, 3.05) is 5.32 Å². The molecule has 0 unspecified atom stereocenters. The Balaban J connectivity index is 2.15.